The van der Waals surface area contributed by atoms with Gasteiger partial charge in [0.15, 0.2) is 0 Å². The predicted octanol–water partition coefficient (Wildman–Crippen LogP) is 2.45. The lowest BCUT2D eigenvalue weighted by molar-refractivity contribution is -0.145. The van der Waals surface area contributed by atoms with Crippen LogP contribution in [0.15, 0.2) is 11.8 Å². The molecule has 2 amide bonds. The molecular formula is C21H32N2O3. The summed E-state index contributed by atoms with van der Waals surface area (Å²) in [5.41, 5.74) is 0.956. The Kier molecular flexibility index (Phi) is 4.03. The first-order valence-corrected chi connectivity index (χ1v) is 10.1. The minimum Gasteiger partial charge on any atom is -0.393 e. The fourth-order valence-electron chi connectivity index (χ4n) is 7.20. The number of rotatable bonds is 1. The third-order valence-electron chi connectivity index (χ3n) is 8.33. The molecule has 5 nitrogen and oxygen atoms in total. The van der Waals surface area contributed by atoms with Crippen molar-refractivity contribution < 1.29 is 14.7 Å². The number of aliphatic hydroxyl groups excluding tert-OH is 1. The highest BCUT2D eigenvalue weighted by Gasteiger charge is 2.62. The van der Waals surface area contributed by atoms with Gasteiger partial charge in [-0.15, -0.1) is 0 Å². The van der Waals surface area contributed by atoms with Gasteiger partial charge >= 0.3 is 0 Å². The van der Waals surface area contributed by atoms with Crippen molar-refractivity contribution in [1.29, 1.82) is 0 Å². The zero-order valence-corrected chi connectivity index (χ0v) is 16.4. The molecule has 26 heavy (non-hydrogen) atoms. The third-order valence-corrected chi connectivity index (χ3v) is 8.33. The van der Waals surface area contributed by atoms with Gasteiger partial charge in [-0.05, 0) is 55.3 Å². The first-order valence-electron chi connectivity index (χ1n) is 10.1. The number of fused-ring (bicyclic) bond motifs is 5. The summed E-state index contributed by atoms with van der Waals surface area (Å²) >= 11 is 0. The van der Waals surface area contributed by atoms with Gasteiger partial charge in [0.05, 0.1) is 6.10 Å². The molecule has 3 unspecified atom stereocenters. The molecule has 144 valence electrons. The smallest absolute Gasteiger partial charge is 0.226 e. The second-order valence-corrected chi connectivity index (χ2v) is 9.60. The molecule has 2 N–H and O–H groups in total. The second-order valence-electron chi connectivity index (χ2n) is 9.60. The van der Waals surface area contributed by atoms with Crippen LogP contribution in [0.2, 0.25) is 0 Å². The minimum absolute atomic E-state index is 0.0266. The van der Waals surface area contributed by atoms with Gasteiger partial charge in [-0.3, -0.25) is 9.59 Å². The van der Waals surface area contributed by atoms with E-state index in [0.717, 1.165) is 37.8 Å². The molecule has 3 fully saturated rings. The number of hydrogen-bond acceptors (Lipinski definition) is 3. The van der Waals surface area contributed by atoms with Crippen molar-refractivity contribution in [3.63, 3.8) is 0 Å². The third kappa shape index (κ3) is 2.32. The molecule has 0 aromatic heterocycles. The highest BCUT2D eigenvalue weighted by atomic mass is 16.3. The van der Waals surface area contributed by atoms with Crippen molar-refractivity contribution in [2.24, 2.45) is 28.6 Å². The Bertz CT molecular complexity index is 674. The molecule has 7 atom stereocenters. The van der Waals surface area contributed by atoms with Crippen LogP contribution >= 0.6 is 0 Å². The molecule has 1 saturated heterocycles. The number of nitrogens with one attached hydrogen (secondary N) is 1. The molecule has 0 bridgehead atoms. The Morgan fingerprint density at radius 1 is 1.35 bits per heavy atom. The van der Waals surface area contributed by atoms with E-state index in [1.54, 1.807) is 6.92 Å². The summed E-state index contributed by atoms with van der Waals surface area (Å²) in [6, 6.07) is 0.161. The SMILES string of the molecule is CC(=O)N[C@H]1CCC2C3CC=C4N(C)C(=O)CC[C@]4(C)C3[C@@H](O)C[C@@]21C. The van der Waals surface area contributed by atoms with Gasteiger partial charge in [-0.25, -0.2) is 0 Å². The van der Waals surface area contributed by atoms with Crippen molar-refractivity contribution in [3.05, 3.63) is 11.8 Å². The number of amides is 2. The van der Waals surface area contributed by atoms with Crippen LogP contribution in [0.3, 0.4) is 0 Å². The Labute approximate surface area is 156 Å². The van der Waals surface area contributed by atoms with E-state index >= 15 is 0 Å². The van der Waals surface area contributed by atoms with E-state index in [1.807, 2.05) is 11.9 Å². The number of aliphatic hydroxyl groups is 1. The van der Waals surface area contributed by atoms with E-state index in [9.17, 15) is 14.7 Å². The quantitative estimate of drug-likeness (QED) is 0.755. The van der Waals surface area contributed by atoms with Crippen LogP contribution in [-0.4, -0.2) is 41.0 Å². The largest absolute Gasteiger partial charge is 0.393 e. The highest BCUT2D eigenvalue weighted by molar-refractivity contribution is 5.79. The molecule has 0 radical (unpaired) electrons. The van der Waals surface area contributed by atoms with Crippen LogP contribution in [0.4, 0.5) is 0 Å². The summed E-state index contributed by atoms with van der Waals surface area (Å²) in [6.07, 6.45) is 7.07. The fraction of sp³-hybridized carbons (Fsp3) is 0.810. The Morgan fingerprint density at radius 2 is 2.08 bits per heavy atom. The average molecular weight is 360 g/mol. The van der Waals surface area contributed by atoms with Crippen molar-refractivity contribution in [1.82, 2.24) is 10.2 Å². The molecule has 0 spiro atoms. The van der Waals surface area contributed by atoms with Crippen LogP contribution < -0.4 is 5.32 Å². The monoisotopic (exact) mass is 360 g/mol. The number of piperidine rings is 1. The number of nitrogens with zero attached hydrogens (tertiary/aromatic N) is 1. The van der Waals surface area contributed by atoms with E-state index in [0.29, 0.717) is 18.3 Å². The van der Waals surface area contributed by atoms with Gasteiger partial charge in [0.1, 0.15) is 0 Å². The van der Waals surface area contributed by atoms with Crippen molar-refractivity contribution in [2.45, 2.75) is 71.4 Å². The van der Waals surface area contributed by atoms with Crippen LogP contribution in [0.1, 0.15) is 59.3 Å². The van der Waals surface area contributed by atoms with E-state index in [1.165, 1.54) is 0 Å². The molecule has 4 rings (SSSR count). The minimum atomic E-state index is -0.383. The molecule has 2 saturated carbocycles. The molecule has 4 aliphatic rings. The standard InChI is InChI=1S/C21H32N2O3/c1-12(24)22-16-7-6-14-13-5-8-17-20(2,10-9-18(26)23(17)4)19(13)15(25)11-21(14,16)3/h8,13-16,19,25H,5-7,9-11H2,1-4H3,(H,22,24)/t13?,14?,15-,16-,19?,20-,21-/m0/s1. The molecule has 0 aromatic rings. The number of carbonyl (C=O) groups excluding carboxylic acids is 2. The summed E-state index contributed by atoms with van der Waals surface area (Å²) in [5.74, 6) is 1.36. The maximum Gasteiger partial charge on any atom is 0.226 e. The van der Waals surface area contributed by atoms with Crippen molar-refractivity contribution in [2.75, 3.05) is 7.05 Å². The predicted molar refractivity (Wildman–Crippen MR) is 98.9 cm³/mol. The van der Waals surface area contributed by atoms with Crippen molar-refractivity contribution in [3.8, 4) is 0 Å². The second kappa shape index (κ2) is 5.82. The summed E-state index contributed by atoms with van der Waals surface area (Å²) < 4.78 is 0. The van der Waals surface area contributed by atoms with E-state index in [4.69, 9.17) is 0 Å². The zero-order chi connectivity index (χ0) is 18.9. The molecule has 1 heterocycles. The lowest BCUT2D eigenvalue weighted by atomic mass is 9.48. The fourth-order valence-corrected chi connectivity index (χ4v) is 7.20. The Hall–Kier alpha value is -1.36. The average Bonchev–Trinajstić information content (AvgIpc) is 2.86. The number of allylic oxidation sites excluding steroid dienone is 2. The van der Waals surface area contributed by atoms with E-state index in [-0.39, 0.29) is 40.7 Å². The maximum absolute atomic E-state index is 12.2. The number of carbonyl (C=O) groups is 2. The lowest BCUT2D eigenvalue weighted by Gasteiger charge is -2.60. The van der Waals surface area contributed by atoms with Crippen LogP contribution in [-0.2, 0) is 9.59 Å². The number of hydrogen-bond donors (Lipinski definition) is 2. The summed E-state index contributed by atoms with van der Waals surface area (Å²) in [4.78, 5) is 25.7. The van der Waals surface area contributed by atoms with Gasteiger partial charge in [-0.1, -0.05) is 19.9 Å². The molecule has 3 aliphatic carbocycles. The summed E-state index contributed by atoms with van der Waals surface area (Å²) in [7, 11) is 1.88. The van der Waals surface area contributed by atoms with Crippen molar-refractivity contribution >= 4 is 11.8 Å². The van der Waals surface area contributed by atoms with Crippen LogP contribution in [0.25, 0.3) is 0 Å². The maximum atomic E-state index is 12.2. The van der Waals surface area contributed by atoms with Gasteiger partial charge < -0.3 is 15.3 Å². The molecule has 0 aromatic carbocycles. The summed E-state index contributed by atoms with van der Waals surface area (Å²) in [6.45, 7) is 6.11. The van der Waals surface area contributed by atoms with Gasteiger partial charge in [0, 0.05) is 37.5 Å². The van der Waals surface area contributed by atoms with Gasteiger partial charge in [-0.2, -0.15) is 0 Å². The topological polar surface area (TPSA) is 69.6 Å². The number of likely N-dealkylation sites (tertiary alicyclic amines) is 1. The van der Waals surface area contributed by atoms with E-state index in [2.05, 4.69) is 25.2 Å². The van der Waals surface area contributed by atoms with Gasteiger partial charge in [0.2, 0.25) is 11.8 Å². The van der Waals surface area contributed by atoms with Gasteiger partial charge in [0.25, 0.3) is 0 Å². The lowest BCUT2D eigenvalue weighted by Crippen LogP contribution is -2.60. The Balaban J connectivity index is 1.70. The summed E-state index contributed by atoms with van der Waals surface area (Å²) in [5, 5.41) is 14.4. The zero-order valence-electron chi connectivity index (χ0n) is 16.4. The Morgan fingerprint density at radius 3 is 2.77 bits per heavy atom. The normalized spacial score (nSPS) is 47.6. The highest BCUT2D eigenvalue weighted by Crippen LogP contribution is 2.64. The van der Waals surface area contributed by atoms with E-state index < -0.39 is 0 Å². The van der Waals surface area contributed by atoms with Crippen LogP contribution in [0.5, 0.6) is 0 Å². The molecule has 1 aliphatic heterocycles. The molecule has 5 heteroatoms. The first kappa shape index (κ1) is 18.0. The first-order chi connectivity index (χ1) is 12.2. The molecular weight excluding hydrogens is 328 g/mol. The van der Waals surface area contributed by atoms with Crippen LogP contribution in [0, 0.1) is 28.6 Å².